The average molecular weight is 502 g/mol. The molecule has 4 aromatic rings. The lowest BCUT2D eigenvalue weighted by Gasteiger charge is -2.23. The second kappa shape index (κ2) is 9.58. The zero-order valence-electron chi connectivity index (χ0n) is 18.2. The molecule has 34 heavy (non-hydrogen) atoms. The summed E-state index contributed by atoms with van der Waals surface area (Å²) in [6.45, 7) is 1.66. The number of sulfonamides is 1. The van der Waals surface area contributed by atoms with Gasteiger partial charge in [0.1, 0.15) is 11.4 Å². The number of fused-ring (bicyclic) bond motifs is 1. The molecule has 1 N–H and O–H groups in total. The third-order valence-corrected chi connectivity index (χ3v) is 7.79. The second-order valence-electron chi connectivity index (χ2n) is 7.83. The SMILES string of the molecule is Cc1c(C(=O)O)oc2ccc(S(=O)(=O)N(CCc3ccccc3)Cc3ccc(F)cc3Cl)cc12. The van der Waals surface area contributed by atoms with Crippen molar-refractivity contribution in [3.63, 3.8) is 0 Å². The Hall–Kier alpha value is -3.20. The van der Waals surface area contributed by atoms with Crippen LogP contribution < -0.4 is 0 Å². The van der Waals surface area contributed by atoms with E-state index in [1.165, 1.54) is 34.6 Å². The molecule has 0 spiro atoms. The maximum absolute atomic E-state index is 13.7. The third kappa shape index (κ3) is 4.84. The Morgan fingerprint density at radius 1 is 1.09 bits per heavy atom. The van der Waals surface area contributed by atoms with E-state index in [2.05, 4.69) is 0 Å². The number of benzene rings is 3. The Morgan fingerprint density at radius 3 is 2.50 bits per heavy atom. The molecule has 6 nitrogen and oxygen atoms in total. The van der Waals surface area contributed by atoms with Crippen LogP contribution in [0.25, 0.3) is 11.0 Å². The van der Waals surface area contributed by atoms with Gasteiger partial charge < -0.3 is 9.52 Å². The van der Waals surface area contributed by atoms with Crippen molar-refractivity contribution in [2.75, 3.05) is 6.54 Å². The highest BCUT2D eigenvalue weighted by Crippen LogP contribution is 2.30. The van der Waals surface area contributed by atoms with Gasteiger partial charge in [0.25, 0.3) is 0 Å². The van der Waals surface area contributed by atoms with E-state index in [0.29, 0.717) is 22.9 Å². The van der Waals surface area contributed by atoms with E-state index >= 15 is 0 Å². The standard InChI is InChI=1S/C25H21ClFNO5S/c1-16-21-14-20(9-10-23(21)33-24(16)25(29)30)34(31,32)28(12-11-17-5-3-2-4-6-17)15-18-7-8-19(27)13-22(18)26/h2-10,13-14H,11-12,15H2,1H3,(H,29,30). The van der Waals surface area contributed by atoms with Crippen LogP contribution in [0.4, 0.5) is 4.39 Å². The normalized spacial score (nSPS) is 11.9. The number of furan rings is 1. The smallest absolute Gasteiger partial charge is 0.372 e. The Kier molecular flexibility index (Phi) is 6.74. The average Bonchev–Trinajstić information content (AvgIpc) is 3.14. The molecule has 1 heterocycles. The molecule has 0 radical (unpaired) electrons. The minimum Gasteiger partial charge on any atom is -0.475 e. The molecule has 0 fully saturated rings. The zero-order chi connectivity index (χ0) is 24.5. The van der Waals surface area contributed by atoms with E-state index in [1.54, 1.807) is 6.92 Å². The first-order valence-corrected chi connectivity index (χ1v) is 12.2. The minimum atomic E-state index is -4.02. The monoisotopic (exact) mass is 501 g/mol. The summed E-state index contributed by atoms with van der Waals surface area (Å²) in [4.78, 5) is 11.4. The summed E-state index contributed by atoms with van der Waals surface area (Å²) >= 11 is 6.19. The molecule has 0 saturated carbocycles. The van der Waals surface area contributed by atoms with Gasteiger partial charge in [-0.1, -0.05) is 48.0 Å². The number of aromatic carboxylic acids is 1. The predicted molar refractivity (Wildman–Crippen MR) is 127 cm³/mol. The lowest BCUT2D eigenvalue weighted by molar-refractivity contribution is 0.0664. The van der Waals surface area contributed by atoms with E-state index in [-0.39, 0.29) is 34.4 Å². The van der Waals surface area contributed by atoms with Crippen molar-refractivity contribution >= 4 is 38.6 Å². The Labute approximate surface area is 201 Å². The van der Waals surface area contributed by atoms with Gasteiger partial charge in [0.2, 0.25) is 15.8 Å². The molecule has 0 bridgehead atoms. The van der Waals surface area contributed by atoms with E-state index in [1.807, 2.05) is 30.3 Å². The zero-order valence-corrected chi connectivity index (χ0v) is 19.7. The number of nitrogens with zero attached hydrogens (tertiary/aromatic N) is 1. The summed E-state index contributed by atoms with van der Waals surface area (Å²) < 4.78 is 47.6. The number of hydrogen-bond donors (Lipinski definition) is 1. The molecule has 9 heteroatoms. The number of carboxylic acid groups (broad SMARTS) is 1. The van der Waals surface area contributed by atoms with Crippen molar-refractivity contribution in [2.24, 2.45) is 0 Å². The van der Waals surface area contributed by atoms with Crippen LogP contribution in [0.5, 0.6) is 0 Å². The van der Waals surface area contributed by atoms with Gasteiger partial charge in [-0.15, -0.1) is 0 Å². The molecule has 3 aromatic carbocycles. The summed E-state index contributed by atoms with van der Waals surface area (Å²) in [5.41, 5.74) is 2.05. The van der Waals surface area contributed by atoms with Crippen molar-refractivity contribution in [3.05, 3.63) is 100 Å². The molecule has 4 rings (SSSR count). The number of rotatable bonds is 8. The van der Waals surface area contributed by atoms with Gasteiger partial charge in [-0.05, 0) is 54.8 Å². The molecule has 0 aliphatic rings. The lowest BCUT2D eigenvalue weighted by atomic mass is 10.1. The first kappa shape index (κ1) is 23.9. The third-order valence-electron chi connectivity index (χ3n) is 5.59. The number of aryl methyl sites for hydroxylation is 1. The van der Waals surface area contributed by atoms with Gasteiger partial charge in [-0.3, -0.25) is 0 Å². The van der Waals surface area contributed by atoms with Crippen LogP contribution in [0.1, 0.15) is 27.2 Å². The summed E-state index contributed by atoms with van der Waals surface area (Å²) in [7, 11) is -4.02. The van der Waals surface area contributed by atoms with Crippen molar-refractivity contribution in [3.8, 4) is 0 Å². The quantitative estimate of drug-likeness (QED) is 0.336. The maximum Gasteiger partial charge on any atom is 0.372 e. The highest BCUT2D eigenvalue weighted by molar-refractivity contribution is 7.89. The van der Waals surface area contributed by atoms with E-state index in [9.17, 15) is 22.7 Å². The lowest BCUT2D eigenvalue weighted by Crippen LogP contribution is -2.32. The van der Waals surface area contributed by atoms with Crippen molar-refractivity contribution in [1.29, 1.82) is 0 Å². The maximum atomic E-state index is 13.7. The topological polar surface area (TPSA) is 87.8 Å². The summed E-state index contributed by atoms with van der Waals surface area (Å²) in [6, 6.07) is 17.5. The van der Waals surface area contributed by atoms with Crippen LogP contribution in [0.15, 0.2) is 76.0 Å². The van der Waals surface area contributed by atoms with Crippen LogP contribution >= 0.6 is 11.6 Å². The predicted octanol–water partition coefficient (Wildman–Crippen LogP) is 5.67. The second-order valence-corrected chi connectivity index (χ2v) is 10.2. The molecule has 0 amide bonds. The van der Waals surface area contributed by atoms with E-state index in [0.717, 1.165) is 11.6 Å². The Balaban J connectivity index is 1.73. The van der Waals surface area contributed by atoms with Crippen molar-refractivity contribution in [2.45, 2.75) is 24.8 Å². The van der Waals surface area contributed by atoms with Crippen molar-refractivity contribution in [1.82, 2.24) is 4.31 Å². The van der Waals surface area contributed by atoms with Crippen LogP contribution in [0, 0.1) is 12.7 Å². The van der Waals surface area contributed by atoms with Gasteiger partial charge in [-0.2, -0.15) is 4.31 Å². The summed E-state index contributed by atoms with van der Waals surface area (Å²) in [6.07, 6.45) is 0.453. The van der Waals surface area contributed by atoms with Gasteiger partial charge in [0.05, 0.1) is 4.90 Å². The van der Waals surface area contributed by atoms with Crippen molar-refractivity contribution < 1.29 is 27.1 Å². The molecular weight excluding hydrogens is 481 g/mol. The molecular formula is C25H21ClFNO5S. The first-order chi connectivity index (χ1) is 16.2. The van der Waals surface area contributed by atoms with Crippen LogP contribution in [-0.4, -0.2) is 30.3 Å². The summed E-state index contributed by atoms with van der Waals surface area (Å²) in [5, 5.41) is 9.85. The van der Waals surface area contributed by atoms with Gasteiger partial charge in [0.15, 0.2) is 0 Å². The van der Waals surface area contributed by atoms with Gasteiger partial charge in [0, 0.05) is 29.1 Å². The fraction of sp³-hybridized carbons (Fsp3) is 0.160. The minimum absolute atomic E-state index is 0.00728. The number of carbonyl (C=O) groups is 1. The molecule has 1 aromatic heterocycles. The van der Waals surface area contributed by atoms with Gasteiger partial charge in [-0.25, -0.2) is 17.6 Å². The van der Waals surface area contributed by atoms with E-state index in [4.69, 9.17) is 16.0 Å². The highest BCUT2D eigenvalue weighted by atomic mass is 35.5. The molecule has 0 atom stereocenters. The first-order valence-electron chi connectivity index (χ1n) is 10.4. The van der Waals surface area contributed by atoms with Gasteiger partial charge >= 0.3 is 5.97 Å². The molecule has 0 unspecified atom stereocenters. The molecule has 0 aliphatic carbocycles. The Bertz CT molecular complexity index is 1470. The van der Waals surface area contributed by atoms with Crippen LogP contribution in [0.3, 0.4) is 0 Å². The van der Waals surface area contributed by atoms with E-state index < -0.39 is 21.8 Å². The number of hydrogen-bond acceptors (Lipinski definition) is 4. The molecule has 176 valence electrons. The molecule has 0 aliphatic heterocycles. The largest absolute Gasteiger partial charge is 0.475 e. The number of halogens is 2. The fourth-order valence-electron chi connectivity index (χ4n) is 3.74. The van der Waals surface area contributed by atoms with Crippen LogP contribution in [-0.2, 0) is 23.0 Å². The fourth-order valence-corrected chi connectivity index (χ4v) is 5.41. The molecule has 0 saturated heterocycles. The summed E-state index contributed by atoms with van der Waals surface area (Å²) in [5.74, 6) is -1.97. The van der Waals surface area contributed by atoms with Crippen LogP contribution in [0.2, 0.25) is 5.02 Å². The Morgan fingerprint density at radius 2 is 1.82 bits per heavy atom. The highest BCUT2D eigenvalue weighted by Gasteiger charge is 2.27. The number of carboxylic acids is 1.